The summed E-state index contributed by atoms with van der Waals surface area (Å²) in [5.41, 5.74) is 0.991. The first-order valence-corrected chi connectivity index (χ1v) is 6.86. The van der Waals surface area contributed by atoms with Gasteiger partial charge in [0.25, 0.3) is 0 Å². The molecule has 0 fully saturated rings. The van der Waals surface area contributed by atoms with Crippen LogP contribution in [0.1, 0.15) is 0 Å². The SMILES string of the molecule is Clc1ccc(NCCOc2cccc(Cl)c2Cl)cc1. The fraction of sp³-hybridized carbons (Fsp3) is 0.143. The first kappa shape index (κ1) is 14.3. The number of benzene rings is 2. The Hall–Kier alpha value is -1.09. The molecule has 0 radical (unpaired) electrons. The minimum Gasteiger partial charge on any atom is -0.490 e. The smallest absolute Gasteiger partial charge is 0.139 e. The van der Waals surface area contributed by atoms with Gasteiger partial charge in [-0.15, -0.1) is 0 Å². The van der Waals surface area contributed by atoms with E-state index in [-0.39, 0.29) is 0 Å². The molecule has 0 atom stereocenters. The van der Waals surface area contributed by atoms with Crippen LogP contribution in [-0.4, -0.2) is 13.2 Å². The number of hydrogen-bond donors (Lipinski definition) is 1. The minimum absolute atomic E-state index is 0.440. The van der Waals surface area contributed by atoms with Crippen LogP contribution in [0.3, 0.4) is 0 Å². The topological polar surface area (TPSA) is 21.3 Å². The molecule has 0 saturated carbocycles. The van der Waals surface area contributed by atoms with Crippen LogP contribution in [0.5, 0.6) is 5.75 Å². The number of halogens is 3. The third-order valence-electron chi connectivity index (χ3n) is 2.45. The lowest BCUT2D eigenvalue weighted by atomic mass is 10.3. The molecular weight excluding hydrogens is 305 g/mol. The van der Waals surface area contributed by atoms with Crippen molar-refractivity contribution in [2.45, 2.75) is 0 Å². The van der Waals surface area contributed by atoms with Gasteiger partial charge in [0.1, 0.15) is 17.4 Å². The van der Waals surface area contributed by atoms with Gasteiger partial charge in [-0.3, -0.25) is 0 Å². The van der Waals surface area contributed by atoms with Gasteiger partial charge < -0.3 is 10.1 Å². The molecule has 5 heteroatoms. The second kappa shape index (κ2) is 6.90. The first-order chi connectivity index (χ1) is 9.16. The molecule has 2 aromatic carbocycles. The van der Waals surface area contributed by atoms with Crippen LogP contribution in [0, 0.1) is 0 Å². The third-order valence-corrected chi connectivity index (χ3v) is 3.50. The van der Waals surface area contributed by atoms with Crippen LogP contribution in [0.2, 0.25) is 15.1 Å². The van der Waals surface area contributed by atoms with Crippen molar-refractivity contribution in [3.05, 3.63) is 57.5 Å². The van der Waals surface area contributed by atoms with Crippen molar-refractivity contribution in [2.24, 2.45) is 0 Å². The Labute approximate surface area is 127 Å². The molecule has 0 aliphatic carbocycles. The van der Waals surface area contributed by atoms with Crippen molar-refractivity contribution in [1.29, 1.82) is 0 Å². The highest BCUT2D eigenvalue weighted by Crippen LogP contribution is 2.31. The van der Waals surface area contributed by atoms with Crippen LogP contribution in [0.15, 0.2) is 42.5 Å². The molecule has 0 bridgehead atoms. The van der Waals surface area contributed by atoms with Gasteiger partial charge in [0.15, 0.2) is 0 Å². The fourth-order valence-electron chi connectivity index (χ4n) is 1.52. The molecule has 0 spiro atoms. The standard InChI is InChI=1S/C14H12Cl3NO/c15-10-4-6-11(7-5-10)18-8-9-19-13-3-1-2-12(16)14(13)17/h1-7,18H,8-9H2. The maximum absolute atomic E-state index is 6.01. The van der Waals surface area contributed by atoms with Gasteiger partial charge >= 0.3 is 0 Å². The zero-order valence-electron chi connectivity index (χ0n) is 10.00. The molecule has 2 nitrogen and oxygen atoms in total. The predicted octanol–water partition coefficient (Wildman–Crippen LogP) is 5.14. The second-order valence-electron chi connectivity index (χ2n) is 3.83. The maximum atomic E-state index is 6.01. The van der Waals surface area contributed by atoms with Gasteiger partial charge in [0, 0.05) is 17.3 Å². The summed E-state index contributed by atoms with van der Waals surface area (Å²) in [5.74, 6) is 0.590. The van der Waals surface area contributed by atoms with E-state index in [1.165, 1.54) is 0 Å². The Balaban J connectivity index is 1.81. The van der Waals surface area contributed by atoms with Gasteiger partial charge in [-0.05, 0) is 36.4 Å². The summed E-state index contributed by atoms with van der Waals surface area (Å²) >= 11 is 17.7. The van der Waals surface area contributed by atoms with E-state index < -0.39 is 0 Å². The second-order valence-corrected chi connectivity index (χ2v) is 5.06. The molecule has 0 amide bonds. The fourth-order valence-corrected chi connectivity index (χ4v) is 1.99. The summed E-state index contributed by atoms with van der Waals surface area (Å²) < 4.78 is 5.56. The van der Waals surface area contributed by atoms with Crippen LogP contribution < -0.4 is 10.1 Å². The molecule has 100 valence electrons. The van der Waals surface area contributed by atoms with E-state index in [9.17, 15) is 0 Å². The van der Waals surface area contributed by atoms with Crippen molar-refractivity contribution in [1.82, 2.24) is 0 Å². The third kappa shape index (κ3) is 4.20. The van der Waals surface area contributed by atoms with E-state index in [1.807, 2.05) is 24.3 Å². The van der Waals surface area contributed by atoms with Gasteiger partial charge in [0.05, 0.1) is 5.02 Å². The number of ether oxygens (including phenoxy) is 1. The maximum Gasteiger partial charge on any atom is 0.139 e. The molecule has 0 aromatic heterocycles. The molecule has 1 N–H and O–H groups in total. The minimum atomic E-state index is 0.440. The van der Waals surface area contributed by atoms with Gasteiger partial charge in [0.2, 0.25) is 0 Å². The number of nitrogens with one attached hydrogen (secondary N) is 1. The van der Waals surface area contributed by atoms with E-state index in [0.29, 0.717) is 34.0 Å². The molecule has 0 aliphatic heterocycles. The molecular formula is C14H12Cl3NO. The zero-order chi connectivity index (χ0) is 13.7. The molecule has 2 rings (SSSR count). The van der Waals surface area contributed by atoms with Crippen LogP contribution in [0.4, 0.5) is 5.69 Å². The van der Waals surface area contributed by atoms with E-state index in [4.69, 9.17) is 39.5 Å². The van der Waals surface area contributed by atoms with Gasteiger partial charge in [-0.2, -0.15) is 0 Å². The molecule has 0 saturated heterocycles. The van der Waals surface area contributed by atoms with E-state index in [1.54, 1.807) is 18.2 Å². The van der Waals surface area contributed by atoms with Crippen molar-refractivity contribution in [3.8, 4) is 5.75 Å². The Morgan fingerprint density at radius 3 is 2.42 bits per heavy atom. The molecule has 19 heavy (non-hydrogen) atoms. The quantitative estimate of drug-likeness (QED) is 0.771. The Morgan fingerprint density at radius 2 is 1.68 bits per heavy atom. The lowest BCUT2D eigenvalue weighted by Gasteiger charge is -2.10. The predicted molar refractivity (Wildman–Crippen MR) is 81.9 cm³/mol. The monoisotopic (exact) mass is 315 g/mol. The van der Waals surface area contributed by atoms with Crippen molar-refractivity contribution < 1.29 is 4.74 Å². The lowest BCUT2D eigenvalue weighted by molar-refractivity contribution is 0.333. The van der Waals surface area contributed by atoms with E-state index >= 15 is 0 Å². The summed E-state index contributed by atoms with van der Waals surface area (Å²) in [4.78, 5) is 0. The van der Waals surface area contributed by atoms with E-state index in [2.05, 4.69) is 5.32 Å². The van der Waals surface area contributed by atoms with Crippen LogP contribution >= 0.6 is 34.8 Å². The highest BCUT2D eigenvalue weighted by atomic mass is 35.5. The number of hydrogen-bond acceptors (Lipinski definition) is 2. The number of rotatable bonds is 5. The summed E-state index contributed by atoms with van der Waals surface area (Å²) in [6.07, 6.45) is 0. The van der Waals surface area contributed by atoms with Crippen LogP contribution in [0.25, 0.3) is 0 Å². The Kier molecular flexibility index (Phi) is 5.20. The Bertz CT molecular complexity index is 543. The van der Waals surface area contributed by atoms with Crippen molar-refractivity contribution in [3.63, 3.8) is 0 Å². The van der Waals surface area contributed by atoms with Crippen molar-refractivity contribution in [2.75, 3.05) is 18.5 Å². The molecule has 0 aliphatic rings. The normalized spacial score (nSPS) is 10.3. The average Bonchev–Trinajstić information content (AvgIpc) is 2.41. The summed E-state index contributed by atoms with van der Waals surface area (Å²) in [6, 6.07) is 12.8. The van der Waals surface area contributed by atoms with Gasteiger partial charge in [-0.25, -0.2) is 0 Å². The molecule has 0 unspecified atom stereocenters. The van der Waals surface area contributed by atoms with Crippen molar-refractivity contribution >= 4 is 40.5 Å². The summed E-state index contributed by atoms with van der Waals surface area (Å²) in [6.45, 7) is 1.15. The lowest BCUT2D eigenvalue weighted by Crippen LogP contribution is -2.11. The Morgan fingerprint density at radius 1 is 0.947 bits per heavy atom. The first-order valence-electron chi connectivity index (χ1n) is 5.73. The number of anilines is 1. The zero-order valence-corrected chi connectivity index (χ0v) is 12.3. The highest BCUT2D eigenvalue weighted by molar-refractivity contribution is 6.42. The molecule has 2 aromatic rings. The van der Waals surface area contributed by atoms with Gasteiger partial charge in [-0.1, -0.05) is 40.9 Å². The molecule has 0 heterocycles. The highest BCUT2D eigenvalue weighted by Gasteiger charge is 2.04. The average molecular weight is 317 g/mol. The summed E-state index contributed by atoms with van der Waals surface area (Å²) in [5, 5.41) is 4.86. The largest absolute Gasteiger partial charge is 0.490 e. The summed E-state index contributed by atoms with van der Waals surface area (Å²) in [7, 11) is 0. The van der Waals surface area contributed by atoms with Crippen LogP contribution in [-0.2, 0) is 0 Å². The van der Waals surface area contributed by atoms with E-state index in [0.717, 1.165) is 5.69 Å².